The molecule has 0 aliphatic heterocycles. The molecule has 0 bridgehead atoms. The third kappa shape index (κ3) is 4.52. The van der Waals surface area contributed by atoms with Crippen molar-refractivity contribution in [1.82, 2.24) is 5.32 Å². The van der Waals surface area contributed by atoms with Crippen LogP contribution in [0.3, 0.4) is 0 Å². The molecule has 0 aliphatic rings. The zero-order chi connectivity index (χ0) is 14.4. The summed E-state index contributed by atoms with van der Waals surface area (Å²) in [6.45, 7) is 6.23. The molecule has 0 radical (unpaired) electrons. The Balaban J connectivity index is 2.93. The number of aliphatic carboxylic acids is 1. The highest BCUT2D eigenvalue weighted by molar-refractivity contribution is 5.72. The quantitative estimate of drug-likeness (QED) is 0.799. The van der Waals surface area contributed by atoms with E-state index in [4.69, 9.17) is 9.84 Å². The van der Waals surface area contributed by atoms with Crippen LogP contribution in [-0.4, -0.2) is 23.7 Å². The zero-order valence-electron chi connectivity index (χ0n) is 11.4. The van der Waals surface area contributed by atoms with Crippen molar-refractivity contribution in [2.24, 2.45) is 0 Å². The first-order valence-electron chi connectivity index (χ1n) is 6.38. The van der Waals surface area contributed by atoms with Gasteiger partial charge in [-0.25, -0.2) is 9.18 Å². The van der Waals surface area contributed by atoms with Crippen molar-refractivity contribution in [3.05, 3.63) is 29.6 Å². The van der Waals surface area contributed by atoms with E-state index in [2.05, 4.69) is 5.32 Å². The smallest absolute Gasteiger partial charge is 0.344 e. The van der Waals surface area contributed by atoms with E-state index in [9.17, 15) is 9.18 Å². The van der Waals surface area contributed by atoms with E-state index >= 15 is 0 Å². The SMILES string of the molecule is CCCNC(C)c1ccc(F)cc1OC(C)C(=O)O. The van der Waals surface area contributed by atoms with Gasteiger partial charge < -0.3 is 15.2 Å². The van der Waals surface area contributed by atoms with Crippen LogP contribution in [0.25, 0.3) is 0 Å². The summed E-state index contributed by atoms with van der Waals surface area (Å²) in [7, 11) is 0. The van der Waals surface area contributed by atoms with Crippen LogP contribution in [0.1, 0.15) is 38.8 Å². The number of ether oxygens (including phenoxy) is 1. The van der Waals surface area contributed by atoms with Gasteiger partial charge in [0.25, 0.3) is 0 Å². The van der Waals surface area contributed by atoms with Crippen molar-refractivity contribution < 1.29 is 19.0 Å². The maximum Gasteiger partial charge on any atom is 0.344 e. The summed E-state index contributed by atoms with van der Waals surface area (Å²) in [5.41, 5.74) is 0.753. The van der Waals surface area contributed by atoms with Gasteiger partial charge in [-0.2, -0.15) is 0 Å². The van der Waals surface area contributed by atoms with Crippen LogP contribution in [0.4, 0.5) is 4.39 Å². The molecular formula is C14H20FNO3. The first-order valence-corrected chi connectivity index (χ1v) is 6.38. The predicted molar refractivity (Wildman–Crippen MR) is 70.8 cm³/mol. The van der Waals surface area contributed by atoms with E-state index in [0.717, 1.165) is 18.5 Å². The molecule has 4 nitrogen and oxygen atoms in total. The molecule has 0 fully saturated rings. The Morgan fingerprint density at radius 3 is 2.74 bits per heavy atom. The van der Waals surface area contributed by atoms with Gasteiger partial charge in [0.1, 0.15) is 11.6 Å². The molecule has 0 aliphatic carbocycles. The van der Waals surface area contributed by atoms with Crippen LogP contribution < -0.4 is 10.1 Å². The average Bonchev–Trinajstić information content (AvgIpc) is 2.36. The fourth-order valence-corrected chi connectivity index (χ4v) is 1.68. The van der Waals surface area contributed by atoms with Gasteiger partial charge in [0.05, 0.1) is 0 Å². The summed E-state index contributed by atoms with van der Waals surface area (Å²) in [4.78, 5) is 10.8. The van der Waals surface area contributed by atoms with Crippen molar-refractivity contribution in [2.75, 3.05) is 6.54 Å². The predicted octanol–water partition coefficient (Wildman–Crippen LogP) is 2.74. The Kier molecular flexibility index (Phi) is 5.76. The van der Waals surface area contributed by atoms with Crippen LogP contribution in [0.15, 0.2) is 18.2 Å². The molecular weight excluding hydrogens is 249 g/mol. The van der Waals surface area contributed by atoms with Crippen LogP contribution in [0.5, 0.6) is 5.75 Å². The molecule has 1 aromatic carbocycles. The van der Waals surface area contributed by atoms with E-state index in [1.807, 2.05) is 13.8 Å². The summed E-state index contributed by atoms with van der Waals surface area (Å²) < 4.78 is 18.6. The summed E-state index contributed by atoms with van der Waals surface area (Å²) >= 11 is 0. The number of halogens is 1. The Morgan fingerprint density at radius 2 is 2.16 bits per heavy atom. The lowest BCUT2D eigenvalue weighted by molar-refractivity contribution is -0.144. The number of nitrogens with one attached hydrogen (secondary N) is 1. The van der Waals surface area contributed by atoms with Crippen molar-refractivity contribution in [3.63, 3.8) is 0 Å². The first kappa shape index (κ1) is 15.4. The fourth-order valence-electron chi connectivity index (χ4n) is 1.68. The van der Waals surface area contributed by atoms with Gasteiger partial charge >= 0.3 is 5.97 Å². The number of carbonyl (C=O) groups is 1. The maximum absolute atomic E-state index is 13.3. The van der Waals surface area contributed by atoms with Crippen molar-refractivity contribution in [3.8, 4) is 5.75 Å². The monoisotopic (exact) mass is 269 g/mol. The molecule has 0 aromatic heterocycles. The first-order chi connectivity index (χ1) is 8.95. The van der Waals surface area contributed by atoms with Gasteiger partial charge in [-0.15, -0.1) is 0 Å². The molecule has 106 valence electrons. The Labute approximate surface area is 112 Å². The molecule has 2 N–H and O–H groups in total. The van der Waals surface area contributed by atoms with Crippen molar-refractivity contribution >= 4 is 5.97 Å². The molecule has 19 heavy (non-hydrogen) atoms. The molecule has 0 saturated carbocycles. The van der Waals surface area contributed by atoms with Gasteiger partial charge in [-0.1, -0.05) is 13.0 Å². The summed E-state index contributed by atoms with van der Waals surface area (Å²) in [5, 5.41) is 12.1. The standard InChI is InChI=1S/C14H20FNO3/c1-4-7-16-9(2)12-6-5-11(15)8-13(12)19-10(3)14(17)18/h5-6,8-10,16H,4,7H2,1-3H3,(H,17,18). The number of benzene rings is 1. The topological polar surface area (TPSA) is 58.6 Å². The number of hydrogen-bond donors (Lipinski definition) is 2. The van der Waals surface area contributed by atoms with Gasteiger partial charge in [-0.05, 0) is 32.9 Å². The Morgan fingerprint density at radius 1 is 1.47 bits per heavy atom. The number of carboxylic acids is 1. The molecule has 2 unspecified atom stereocenters. The molecule has 0 saturated heterocycles. The Hall–Kier alpha value is -1.62. The van der Waals surface area contributed by atoms with Crippen LogP contribution in [0.2, 0.25) is 0 Å². The minimum absolute atomic E-state index is 0.0310. The van der Waals surface area contributed by atoms with E-state index in [1.54, 1.807) is 6.07 Å². The summed E-state index contributed by atoms with van der Waals surface area (Å²) in [6.07, 6.45) is -0.0355. The molecule has 0 heterocycles. The average molecular weight is 269 g/mol. The van der Waals surface area contributed by atoms with Gasteiger partial charge in [0.2, 0.25) is 0 Å². The molecule has 5 heteroatoms. The second-order valence-corrected chi connectivity index (χ2v) is 4.46. The third-order valence-corrected chi connectivity index (χ3v) is 2.79. The molecule has 1 aromatic rings. The van der Waals surface area contributed by atoms with Gasteiger partial charge in [-0.3, -0.25) is 0 Å². The van der Waals surface area contributed by atoms with Crippen molar-refractivity contribution in [2.45, 2.75) is 39.3 Å². The second-order valence-electron chi connectivity index (χ2n) is 4.46. The normalized spacial score (nSPS) is 13.9. The van der Waals surface area contributed by atoms with E-state index in [1.165, 1.54) is 19.1 Å². The second kappa shape index (κ2) is 7.09. The molecule has 1 rings (SSSR count). The maximum atomic E-state index is 13.3. The van der Waals surface area contributed by atoms with E-state index < -0.39 is 17.9 Å². The number of rotatable bonds is 7. The lowest BCUT2D eigenvalue weighted by atomic mass is 10.1. The number of hydrogen-bond acceptors (Lipinski definition) is 3. The summed E-state index contributed by atoms with van der Waals surface area (Å²) in [5.74, 6) is -1.26. The third-order valence-electron chi connectivity index (χ3n) is 2.79. The minimum atomic E-state index is -1.08. The minimum Gasteiger partial charge on any atom is -0.479 e. The highest BCUT2D eigenvalue weighted by Crippen LogP contribution is 2.27. The van der Waals surface area contributed by atoms with Crippen LogP contribution in [-0.2, 0) is 4.79 Å². The number of carboxylic acid groups (broad SMARTS) is 1. The zero-order valence-corrected chi connectivity index (χ0v) is 11.4. The van der Waals surface area contributed by atoms with Gasteiger partial charge in [0, 0.05) is 17.7 Å². The lowest BCUT2D eigenvalue weighted by Crippen LogP contribution is -2.25. The lowest BCUT2D eigenvalue weighted by Gasteiger charge is -2.19. The highest BCUT2D eigenvalue weighted by atomic mass is 19.1. The van der Waals surface area contributed by atoms with Crippen LogP contribution >= 0.6 is 0 Å². The molecule has 0 amide bonds. The largest absolute Gasteiger partial charge is 0.479 e. The van der Waals surface area contributed by atoms with Gasteiger partial charge in [0.15, 0.2) is 6.10 Å². The van der Waals surface area contributed by atoms with E-state index in [-0.39, 0.29) is 11.8 Å². The molecule has 2 atom stereocenters. The summed E-state index contributed by atoms with van der Waals surface area (Å²) in [6, 6.07) is 4.15. The van der Waals surface area contributed by atoms with E-state index in [0.29, 0.717) is 0 Å². The fraction of sp³-hybridized carbons (Fsp3) is 0.500. The Bertz CT molecular complexity index is 437. The van der Waals surface area contributed by atoms with Crippen LogP contribution in [0, 0.1) is 5.82 Å². The highest BCUT2D eigenvalue weighted by Gasteiger charge is 2.18. The van der Waals surface area contributed by atoms with Crippen molar-refractivity contribution in [1.29, 1.82) is 0 Å². The molecule has 0 spiro atoms.